The van der Waals surface area contributed by atoms with Crippen LogP contribution in [0, 0.1) is 12.7 Å². The molecule has 0 spiro atoms. The summed E-state index contributed by atoms with van der Waals surface area (Å²) in [6.07, 6.45) is 4.32. The van der Waals surface area contributed by atoms with Gasteiger partial charge >= 0.3 is 0 Å². The molecule has 0 fully saturated rings. The number of furan rings is 1. The number of aryl methyl sites for hydroxylation is 1. The summed E-state index contributed by atoms with van der Waals surface area (Å²) in [7, 11) is 0. The normalized spacial score (nSPS) is 10.8. The van der Waals surface area contributed by atoms with E-state index in [1.165, 1.54) is 24.5 Å². The molecule has 0 aliphatic heterocycles. The lowest BCUT2D eigenvalue weighted by Crippen LogP contribution is -2.09. The number of hydrogen-bond acceptors (Lipinski definition) is 2. The van der Waals surface area contributed by atoms with E-state index in [1.807, 2.05) is 6.92 Å². The van der Waals surface area contributed by atoms with Gasteiger partial charge < -0.3 is 9.73 Å². The predicted octanol–water partition coefficient (Wildman–Crippen LogP) is 3.38. The highest BCUT2D eigenvalue weighted by atomic mass is 19.1. The Balaban J connectivity index is 2.05. The predicted molar refractivity (Wildman–Crippen MR) is 67.5 cm³/mol. The molecule has 1 heterocycles. The fraction of sp³-hybridized carbons (Fsp3) is 0.0714. The van der Waals surface area contributed by atoms with Gasteiger partial charge in [-0.3, -0.25) is 4.79 Å². The van der Waals surface area contributed by atoms with Crippen LogP contribution in [0.5, 0.6) is 0 Å². The summed E-state index contributed by atoms with van der Waals surface area (Å²) >= 11 is 0. The van der Waals surface area contributed by atoms with Gasteiger partial charge in [-0.25, -0.2) is 4.39 Å². The van der Waals surface area contributed by atoms with Crippen molar-refractivity contribution in [1.82, 2.24) is 0 Å². The molecular weight excluding hydrogens is 233 g/mol. The van der Waals surface area contributed by atoms with Gasteiger partial charge in [0.05, 0.1) is 12.0 Å². The first kappa shape index (κ1) is 12.1. The lowest BCUT2D eigenvalue weighted by molar-refractivity contribution is -0.111. The lowest BCUT2D eigenvalue weighted by Gasteiger charge is -2.04. The van der Waals surface area contributed by atoms with Crippen LogP contribution in [0.3, 0.4) is 0 Å². The Morgan fingerprint density at radius 1 is 1.39 bits per heavy atom. The van der Waals surface area contributed by atoms with Crippen LogP contribution in [0.2, 0.25) is 0 Å². The third kappa shape index (κ3) is 3.07. The number of amides is 1. The van der Waals surface area contributed by atoms with Crippen LogP contribution < -0.4 is 5.32 Å². The van der Waals surface area contributed by atoms with Gasteiger partial charge in [0.25, 0.3) is 0 Å². The number of anilines is 1. The monoisotopic (exact) mass is 245 g/mol. The zero-order valence-corrected chi connectivity index (χ0v) is 9.81. The summed E-state index contributed by atoms with van der Waals surface area (Å²) < 4.78 is 18.4. The lowest BCUT2D eigenvalue weighted by atomic mass is 10.2. The first-order valence-corrected chi connectivity index (χ1v) is 5.44. The number of halogens is 1. The molecular formula is C14H12FNO2. The molecule has 1 aromatic carbocycles. The van der Waals surface area contributed by atoms with Crippen LogP contribution >= 0.6 is 0 Å². The van der Waals surface area contributed by atoms with Gasteiger partial charge in [-0.2, -0.15) is 0 Å². The van der Waals surface area contributed by atoms with E-state index in [0.29, 0.717) is 5.76 Å². The zero-order chi connectivity index (χ0) is 13.0. The van der Waals surface area contributed by atoms with E-state index in [4.69, 9.17) is 4.42 Å². The smallest absolute Gasteiger partial charge is 0.248 e. The number of carbonyl (C=O) groups is 1. The molecule has 1 amide bonds. The molecule has 0 aliphatic rings. The summed E-state index contributed by atoms with van der Waals surface area (Å²) in [5, 5.41) is 2.47. The summed E-state index contributed by atoms with van der Waals surface area (Å²) in [4.78, 5) is 11.6. The van der Waals surface area contributed by atoms with Crippen LogP contribution in [-0.4, -0.2) is 5.91 Å². The Morgan fingerprint density at radius 2 is 2.22 bits per heavy atom. The van der Waals surface area contributed by atoms with Crippen molar-refractivity contribution in [2.24, 2.45) is 0 Å². The molecule has 0 radical (unpaired) electrons. The number of benzene rings is 1. The summed E-state index contributed by atoms with van der Waals surface area (Å²) in [5.74, 6) is -0.300. The molecule has 0 unspecified atom stereocenters. The molecule has 92 valence electrons. The minimum absolute atomic E-state index is 0.170. The highest BCUT2D eigenvalue weighted by molar-refractivity contribution is 6.01. The second-order valence-corrected chi connectivity index (χ2v) is 3.82. The molecule has 0 saturated heterocycles. The second kappa shape index (κ2) is 5.31. The van der Waals surface area contributed by atoms with Gasteiger partial charge in [0.2, 0.25) is 5.91 Å². The maximum absolute atomic E-state index is 13.4. The van der Waals surface area contributed by atoms with Gasteiger partial charge in [-0.15, -0.1) is 0 Å². The van der Waals surface area contributed by atoms with Gasteiger partial charge in [0.15, 0.2) is 0 Å². The van der Waals surface area contributed by atoms with Crippen molar-refractivity contribution < 1.29 is 13.6 Å². The molecule has 2 rings (SSSR count). The van der Waals surface area contributed by atoms with E-state index in [9.17, 15) is 9.18 Å². The molecule has 4 heteroatoms. The average molecular weight is 245 g/mol. The third-order valence-corrected chi connectivity index (χ3v) is 2.32. The average Bonchev–Trinajstić information content (AvgIpc) is 2.84. The molecule has 1 N–H and O–H groups in total. The van der Waals surface area contributed by atoms with E-state index in [1.54, 1.807) is 24.3 Å². The van der Waals surface area contributed by atoms with Crippen molar-refractivity contribution >= 4 is 17.7 Å². The van der Waals surface area contributed by atoms with Crippen LogP contribution in [0.15, 0.2) is 47.1 Å². The van der Waals surface area contributed by atoms with Gasteiger partial charge in [0.1, 0.15) is 11.6 Å². The second-order valence-electron chi connectivity index (χ2n) is 3.82. The van der Waals surface area contributed by atoms with Crippen LogP contribution in [-0.2, 0) is 4.79 Å². The van der Waals surface area contributed by atoms with Crippen LogP contribution in [0.4, 0.5) is 10.1 Å². The number of nitrogens with one attached hydrogen (secondary N) is 1. The van der Waals surface area contributed by atoms with Crippen molar-refractivity contribution in [3.8, 4) is 0 Å². The molecule has 0 bridgehead atoms. The quantitative estimate of drug-likeness (QED) is 0.842. The Hall–Kier alpha value is -2.36. The van der Waals surface area contributed by atoms with E-state index in [-0.39, 0.29) is 5.69 Å². The number of carbonyl (C=O) groups excluding carboxylic acids is 1. The third-order valence-electron chi connectivity index (χ3n) is 2.32. The van der Waals surface area contributed by atoms with Crippen molar-refractivity contribution in [3.63, 3.8) is 0 Å². The molecule has 3 nitrogen and oxygen atoms in total. The maximum Gasteiger partial charge on any atom is 0.248 e. The highest BCUT2D eigenvalue weighted by Crippen LogP contribution is 2.15. The minimum Gasteiger partial charge on any atom is -0.465 e. The molecule has 1 aromatic heterocycles. The fourth-order valence-corrected chi connectivity index (χ4v) is 1.45. The van der Waals surface area contributed by atoms with Crippen molar-refractivity contribution in [1.29, 1.82) is 0 Å². The van der Waals surface area contributed by atoms with E-state index in [2.05, 4.69) is 5.32 Å². The highest BCUT2D eigenvalue weighted by Gasteiger charge is 2.04. The summed E-state index contributed by atoms with van der Waals surface area (Å²) in [6, 6.07) is 7.98. The fourth-order valence-electron chi connectivity index (χ4n) is 1.45. The first-order chi connectivity index (χ1) is 8.65. The molecule has 2 aromatic rings. The number of rotatable bonds is 3. The van der Waals surface area contributed by atoms with Gasteiger partial charge in [-0.1, -0.05) is 6.07 Å². The number of hydrogen-bond donors (Lipinski definition) is 1. The molecule has 18 heavy (non-hydrogen) atoms. The van der Waals surface area contributed by atoms with Crippen molar-refractivity contribution in [2.45, 2.75) is 6.92 Å². The van der Waals surface area contributed by atoms with Crippen LogP contribution in [0.1, 0.15) is 11.3 Å². The van der Waals surface area contributed by atoms with E-state index in [0.717, 1.165) is 5.56 Å². The largest absolute Gasteiger partial charge is 0.465 e. The minimum atomic E-state index is -0.458. The SMILES string of the molecule is Cc1ccc(F)c(NC(=O)/C=C/c2ccco2)c1. The zero-order valence-electron chi connectivity index (χ0n) is 9.81. The van der Waals surface area contributed by atoms with Gasteiger partial charge in [0, 0.05) is 6.08 Å². The Bertz CT molecular complexity index is 573. The molecule has 0 saturated carbocycles. The van der Waals surface area contributed by atoms with Gasteiger partial charge in [-0.05, 0) is 42.8 Å². The first-order valence-electron chi connectivity index (χ1n) is 5.44. The molecule has 0 aliphatic carbocycles. The summed E-state index contributed by atoms with van der Waals surface area (Å²) in [6.45, 7) is 1.83. The maximum atomic E-state index is 13.4. The van der Waals surface area contributed by atoms with Crippen LogP contribution in [0.25, 0.3) is 6.08 Å². The summed E-state index contributed by atoms with van der Waals surface area (Å²) in [5.41, 5.74) is 1.05. The molecule has 0 atom stereocenters. The van der Waals surface area contributed by atoms with E-state index < -0.39 is 11.7 Å². The Labute approximate surface area is 104 Å². The Morgan fingerprint density at radius 3 is 2.94 bits per heavy atom. The standard InChI is InChI=1S/C14H12FNO2/c1-10-4-6-12(15)13(9-10)16-14(17)7-5-11-3-2-8-18-11/h2-9H,1H3,(H,16,17)/b7-5+. The topological polar surface area (TPSA) is 42.2 Å². The van der Waals surface area contributed by atoms with E-state index >= 15 is 0 Å². The van der Waals surface area contributed by atoms with Crippen molar-refractivity contribution in [3.05, 3.63) is 59.8 Å². The van der Waals surface area contributed by atoms with Crippen molar-refractivity contribution in [2.75, 3.05) is 5.32 Å². The Kier molecular flexibility index (Phi) is 3.57.